The average Bonchev–Trinajstić information content (AvgIpc) is 2.25. The van der Waals surface area contributed by atoms with Gasteiger partial charge in [0.1, 0.15) is 5.75 Å². The molecule has 0 spiro atoms. The normalized spacial score (nSPS) is 11.6. The first-order valence-corrected chi connectivity index (χ1v) is 5.64. The molecule has 0 saturated carbocycles. The molecule has 19 heavy (non-hydrogen) atoms. The second-order valence-corrected chi connectivity index (χ2v) is 4.41. The Morgan fingerprint density at radius 3 is 2.58 bits per heavy atom. The molecular formula is C11H5BrF3NO3. The Balaban J connectivity index is 2.56. The van der Waals surface area contributed by atoms with Crippen LogP contribution in [0, 0.1) is 0 Å². The Kier molecular flexibility index (Phi) is 3.36. The highest BCUT2D eigenvalue weighted by atomic mass is 79.9. The summed E-state index contributed by atoms with van der Waals surface area (Å²) >= 11 is 3.06. The number of ether oxygens (including phenoxy) is 1. The largest absolute Gasteiger partial charge is 0.573 e. The lowest BCUT2D eigenvalue weighted by Gasteiger charge is -2.10. The van der Waals surface area contributed by atoms with Gasteiger partial charge in [0.2, 0.25) is 0 Å². The van der Waals surface area contributed by atoms with Crippen LogP contribution in [0.25, 0.3) is 10.9 Å². The molecule has 0 radical (unpaired) electrons. The van der Waals surface area contributed by atoms with E-state index < -0.39 is 18.1 Å². The summed E-state index contributed by atoms with van der Waals surface area (Å²) in [5.74, 6) is -1.66. The molecule has 0 atom stereocenters. The maximum absolute atomic E-state index is 12.1. The van der Waals surface area contributed by atoms with Crippen molar-refractivity contribution in [2.24, 2.45) is 0 Å². The van der Waals surface area contributed by atoms with Crippen LogP contribution < -0.4 is 4.74 Å². The van der Waals surface area contributed by atoms with Gasteiger partial charge in [-0.05, 0) is 34.1 Å². The van der Waals surface area contributed by atoms with Crippen LogP contribution >= 0.6 is 15.9 Å². The van der Waals surface area contributed by atoms with Gasteiger partial charge >= 0.3 is 12.3 Å². The summed E-state index contributed by atoms with van der Waals surface area (Å²) in [5, 5.41) is 9.04. The lowest BCUT2D eigenvalue weighted by molar-refractivity contribution is -0.274. The number of pyridine rings is 1. The molecule has 0 bridgehead atoms. The third-order valence-corrected chi connectivity index (χ3v) is 2.80. The van der Waals surface area contributed by atoms with E-state index in [1.54, 1.807) is 0 Å². The van der Waals surface area contributed by atoms with Crippen LogP contribution in [0.3, 0.4) is 0 Å². The van der Waals surface area contributed by atoms with E-state index in [9.17, 15) is 18.0 Å². The fraction of sp³-hybridized carbons (Fsp3) is 0.0909. The Hall–Kier alpha value is -1.83. The topological polar surface area (TPSA) is 59.4 Å². The average molecular weight is 336 g/mol. The molecule has 2 aromatic rings. The summed E-state index contributed by atoms with van der Waals surface area (Å²) in [7, 11) is 0. The number of carbonyl (C=O) groups is 1. The second kappa shape index (κ2) is 4.69. The van der Waals surface area contributed by atoms with E-state index in [4.69, 9.17) is 5.11 Å². The zero-order chi connectivity index (χ0) is 14.2. The third kappa shape index (κ3) is 3.14. The summed E-state index contributed by atoms with van der Waals surface area (Å²) in [4.78, 5) is 14.7. The quantitative estimate of drug-likeness (QED) is 0.911. The number of hydrogen-bond acceptors (Lipinski definition) is 3. The zero-order valence-electron chi connectivity index (χ0n) is 9.03. The minimum atomic E-state index is -4.81. The molecule has 100 valence electrons. The molecule has 0 aliphatic carbocycles. The predicted molar refractivity (Wildman–Crippen MR) is 63.1 cm³/mol. The maximum atomic E-state index is 12.1. The maximum Gasteiger partial charge on any atom is 0.573 e. The molecule has 2 rings (SSSR count). The number of alkyl halides is 3. The number of nitrogens with zero attached hydrogens (tertiary/aromatic N) is 1. The van der Waals surface area contributed by atoms with Crippen molar-refractivity contribution in [1.82, 2.24) is 4.98 Å². The van der Waals surface area contributed by atoms with Crippen molar-refractivity contribution in [1.29, 1.82) is 0 Å². The fourth-order valence-electron chi connectivity index (χ4n) is 1.49. The Bertz CT molecular complexity index is 657. The highest BCUT2D eigenvalue weighted by Gasteiger charge is 2.31. The first-order valence-electron chi connectivity index (χ1n) is 4.84. The SMILES string of the molecule is O=C(O)c1cnc2c(Br)cc(OC(F)(F)F)cc2c1. The molecule has 1 aromatic carbocycles. The van der Waals surface area contributed by atoms with Gasteiger partial charge in [-0.2, -0.15) is 0 Å². The van der Waals surface area contributed by atoms with Crippen LogP contribution in [0.4, 0.5) is 13.2 Å². The fourth-order valence-corrected chi connectivity index (χ4v) is 2.05. The van der Waals surface area contributed by atoms with Gasteiger partial charge in [-0.1, -0.05) is 0 Å². The second-order valence-electron chi connectivity index (χ2n) is 3.55. The Labute approximate surface area is 112 Å². The smallest absolute Gasteiger partial charge is 0.478 e. The van der Waals surface area contributed by atoms with Crippen molar-refractivity contribution in [3.05, 3.63) is 34.4 Å². The molecule has 0 saturated heterocycles. The van der Waals surface area contributed by atoms with Crippen LogP contribution in [0.1, 0.15) is 10.4 Å². The Morgan fingerprint density at radius 1 is 1.32 bits per heavy atom. The Morgan fingerprint density at radius 2 is 2.00 bits per heavy atom. The van der Waals surface area contributed by atoms with E-state index in [-0.39, 0.29) is 15.4 Å². The number of carboxylic acid groups (broad SMARTS) is 1. The molecule has 8 heteroatoms. The van der Waals surface area contributed by atoms with Gasteiger partial charge in [0.05, 0.1) is 11.1 Å². The summed E-state index contributed by atoms with van der Waals surface area (Å²) in [6.07, 6.45) is -3.69. The first kappa shape index (κ1) is 13.6. The van der Waals surface area contributed by atoms with Gasteiger partial charge in [-0.15, -0.1) is 13.2 Å². The van der Waals surface area contributed by atoms with Crippen molar-refractivity contribution in [3.8, 4) is 5.75 Å². The number of fused-ring (bicyclic) bond motifs is 1. The van der Waals surface area contributed by atoms with Crippen molar-refractivity contribution < 1.29 is 27.8 Å². The van der Waals surface area contributed by atoms with E-state index in [0.717, 1.165) is 18.3 Å². The van der Waals surface area contributed by atoms with E-state index in [0.29, 0.717) is 5.52 Å². The highest BCUT2D eigenvalue weighted by Crippen LogP contribution is 2.31. The lowest BCUT2D eigenvalue weighted by Crippen LogP contribution is -2.17. The number of benzene rings is 1. The van der Waals surface area contributed by atoms with Gasteiger partial charge in [0, 0.05) is 16.1 Å². The van der Waals surface area contributed by atoms with Gasteiger partial charge in [-0.25, -0.2) is 4.79 Å². The van der Waals surface area contributed by atoms with Crippen LogP contribution in [-0.2, 0) is 0 Å². The number of carboxylic acids is 1. The van der Waals surface area contributed by atoms with E-state index in [1.807, 2.05) is 0 Å². The monoisotopic (exact) mass is 335 g/mol. The van der Waals surface area contributed by atoms with Crippen molar-refractivity contribution >= 4 is 32.8 Å². The summed E-state index contributed by atoms with van der Waals surface area (Å²) in [6.45, 7) is 0. The lowest BCUT2D eigenvalue weighted by atomic mass is 10.1. The molecule has 1 heterocycles. The molecule has 0 unspecified atom stereocenters. The van der Waals surface area contributed by atoms with E-state index >= 15 is 0 Å². The van der Waals surface area contributed by atoms with Gasteiger partial charge in [0.15, 0.2) is 0 Å². The first-order chi connectivity index (χ1) is 8.76. The van der Waals surface area contributed by atoms with Crippen LogP contribution in [-0.4, -0.2) is 22.4 Å². The molecule has 0 aliphatic rings. The molecular weight excluding hydrogens is 331 g/mol. The third-order valence-electron chi connectivity index (χ3n) is 2.19. The summed E-state index contributed by atoms with van der Waals surface area (Å²) in [6, 6.07) is 3.41. The number of aromatic nitrogens is 1. The number of hydrogen-bond donors (Lipinski definition) is 1. The van der Waals surface area contributed by atoms with Crippen molar-refractivity contribution in [3.63, 3.8) is 0 Å². The van der Waals surface area contributed by atoms with Gasteiger partial charge in [-0.3, -0.25) is 4.98 Å². The minimum Gasteiger partial charge on any atom is -0.478 e. The van der Waals surface area contributed by atoms with Crippen LogP contribution in [0.15, 0.2) is 28.9 Å². The minimum absolute atomic E-state index is 0.122. The van der Waals surface area contributed by atoms with Gasteiger partial charge in [0.25, 0.3) is 0 Å². The molecule has 0 fully saturated rings. The number of rotatable bonds is 2. The molecule has 1 aromatic heterocycles. The summed E-state index contributed by atoms with van der Waals surface area (Å²) < 4.78 is 40.5. The molecule has 1 N–H and O–H groups in total. The van der Waals surface area contributed by atoms with E-state index in [1.165, 1.54) is 6.07 Å². The molecule has 0 aliphatic heterocycles. The van der Waals surface area contributed by atoms with Crippen LogP contribution in [0.2, 0.25) is 0 Å². The number of aromatic carboxylic acids is 1. The standard InChI is InChI=1S/C11H5BrF3NO3/c12-8-3-7(19-11(13,14)15)2-5-1-6(10(17)18)4-16-9(5)8/h1-4H,(H,17,18). The summed E-state index contributed by atoms with van der Waals surface area (Å²) in [5.41, 5.74) is 0.225. The number of halogens is 4. The highest BCUT2D eigenvalue weighted by molar-refractivity contribution is 9.10. The predicted octanol–water partition coefficient (Wildman–Crippen LogP) is 3.59. The molecule has 0 amide bonds. The van der Waals surface area contributed by atoms with E-state index in [2.05, 4.69) is 25.7 Å². The van der Waals surface area contributed by atoms with Crippen molar-refractivity contribution in [2.75, 3.05) is 0 Å². The van der Waals surface area contributed by atoms with Crippen LogP contribution in [0.5, 0.6) is 5.75 Å². The zero-order valence-corrected chi connectivity index (χ0v) is 10.6. The van der Waals surface area contributed by atoms with Gasteiger partial charge < -0.3 is 9.84 Å². The van der Waals surface area contributed by atoms with Crippen molar-refractivity contribution in [2.45, 2.75) is 6.36 Å². The molecule has 4 nitrogen and oxygen atoms in total.